The average Bonchev–Trinajstić information content (AvgIpc) is 3.33. The van der Waals surface area contributed by atoms with Crippen molar-refractivity contribution >= 4 is 67.0 Å². The molecule has 70 heavy (non-hydrogen) atoms. The number of carbonyl (C=O) groups is 4. The van der Waals surface area contributed by atoms with Crippen LogP contribution in [-0.2, 0) is 0 Å². The predicted octanol–water partition coefficient (Wildman–Crippen LogP) is 15.8. The molecule has 368 valence electrons. The minimum atomic E-state index is -1.58. The maximum atomic E-state index is 13.8. The van der Waals surface area contributed by atoms with Gasteiger partial charge in [0.2, 0.25) is 0 Å². The molecule has 0 amide bonds. The molecule has 0 saturated heterocycles. The molecule has 0 atom stereocenters. The minimum absolute atomic E-state index is 0.0268. The Hall–Kier alpha value is -6.76. The molecular weight excluding hydrogens is 881 g/mol. The van der Waals surface area contributed by atoms with Gasteiger partial charge in [-0.25, -0.2) is 19.2 Å². The highest BCUT2D eigenvalue weighted by Gasteiger charge is 2.33. The summed E-state index contributed by atoms with van der Waals surface area (Å²) in [4.78, 5) is 63.7. The molecule has 0 fully saturated rings. The zero-order valence-corrected chi connectivity index (χ0v) is 41.6. The van der Waals surface area contributed by atoms with Gasteiger partial charge in [0.25, 0.3) is 12.1 Å². The smallest absolute Gasteiger partial charge is 0.337 e. The molecule has 12 nitrogen and oxygen atoms in total. The molecule has 0 bridgehead atoms. The fourth-order valence-electron chi connectivity index (χ4n) is 10.2. The second-order valence-corrected chi connectivity index (χ2v) is 18.9. The van der Waals surface area contributed by atoms with Crippen LogP contribution in [0.15, 0.2) is 24.3 Å². The number of hydrogen-bond acceptors (Lipinski definition) is 6. The number of unbranched alkanes of at least 4 members (excludes halogenated alkanes) is 16. The van der Waals surface area contributed by atoms with Gasteiger partial charge in [-0.05, 0) is 82.3 Å². The van der Waals surface area contributed by atoms with Crippen molar-refractivity contribution in [3.05, 3.63) is 78.5 Å². The van der Waals surface area contributed by atoms with Crippen molar-refractivity contribution in [3.8, 4) is 24.3 Å². The van der Waals surface area contributed by atoms with Gasteiger partial charge in [-0.1, -0.05) is 140 Å². The summed E-state index contributed by atoms with van der Waals surface area (Å²) in [5.41, 5.74) is -2.80. The van der Waals surface area contributed by atoms with E-state index in [9.17, 15) is 50.1 Å². The summed E-state index contributed by atoms with van der Waals surface area (Å²) in [6, 6.07) is 15.3. The molecule has 5 aromatic rings. The van der Waals surface area contributed by atoms with E-state index in [1.807, 2.05) is 12.1 Å². The summed E-state index contributed by atoms with van der Waals surface area (Å²) in [6.07, 6.45) is 24.0. The van der Waals surface area contributed by atoms with Crippen LogP contribution < -0.4 is 0 Å². The lowest BCUT2D eigenvalue weighted by Crippen LogP contribution is -2.12. The van der Waals surface area contributed by atoms with Gasteiger partial charge >= 0.3 is 36.0 Å². The number of aromatic carboxylic acids is 4. The van der Waals surface area contributed by atoms with Gasteiger partial charge in [-0.3, -0.25) is 0 Å². The number of nitrogens with zero attached hydrogens (tertiary/aromatic N) is 4. The number of rotatable bonds is 28. The van der Waals surface area contributed by atoms with Gasteiger partial charge in [0, 0.05) is 36.5 Å². The van der Waals surface area contributed by atoms with Crippen molar-refractivity contribution in [2.24, 2.45) is 0 Å². The van der Waals surface area contributed by atoms with Gasteiger partial charge < -0.3 is 20.4 Å². The molecule has 0 aromatic heterocycles. The van der Waals surface area contributed by atoms with Crippen LogP contribution in [0.3, 0.4) is 0 Å². The molecular formula is C58H70N4O8+2. The fraction of sp³-hybridized carbons (Fsp3) is 0.517. The SMILES string of the molecule is CCCCCCCC(CCCCCCC)[N+]#Cc1cc2c3cc(C#N)c(C(=O)O)c4c(C(=O)O)c(C#N)cc(c5cc(C#[N+]C(CCCCCCC)CCCCCCC)c(C(=O)O)c(c1C(=O)O)c25)c43. The summed E-state index contributed by atoms with van der Waals surface area (Å²) >= 11 is 0. The molecule has 0 aliphatic carbocycles. The van der Waals surface area contributed by atoms with Gasteiger partial charge in [-0.15, -0.1) is 0 Å². The van der Waals surface area contributed by atoms with Crippen molar-refractivity contribution in [3.63, 3.8) is 0 Å². The maximum Gasteiger partial charge on any atom is 0.337 e. The number of carboxylic acid groups (broad SMARTS) is 4. The van der Waals surface area contributed by atoms with E-state index in [-0.39, 0.29) is 77.4 Å². The third-order valence-corrected chi connectivity index (χ3v) is 13.8. The second kappa shape index (κ2) is 26.8. The van der Waals surface area contributed by atoms with Gasteiger partial charge in [-0.2, -0.15) is 10.5 Å². The van der Waals surface area contributed by atoms with E-state index in [0.29, 0.717) is 0 Å². The lowest BCUT2D eigenvalue weighted by Gasteiger charge is -2.20. The molecule has 0 radical (unpaired) electrons. The van der Waals surface area contributed by atoms with Gasteiger partial charge in [0.15, 0.2) is 0 Å². The van der Waals surface area contributed by atoms with E-state index in [4.69, 9.17) is 9.69 Å². The zero-order chi connectivity index (χ0) is 50.7. The molecule has 12 heteroatoms. The Bertz CT molecular complexity index is 2700. The lowest BCUT2D eigenvalue weighted by atomic mass is 9.80. The number of nitriles is 2. The van der Waals surface area contributed by atoms with E-state index >= 15 is 0 Å². The molecule has 0 heterocycles. The first-order chi connectivity index (χ1) is 33.9. The summed E-state index contributed by atoms with van der Waals surface area (Å²) in [7, 11) is 0. The third kappa shape index (κ3) is 12.9. The van der Waals surface area contributed by atoms with Crippen LogP contribution >= 0.6 is 0 Å². The van der Waals surface area contributed by atoms with Crippen molar-refractivity contribution < 1.29 is 39.6 Å². The Morgan fingerprint density at radius 2 is 0.643 bits per heavy atom. The van der Waals surface area contributed by atoms with E-state index < -0.39 is 46.1 Å². The average molecular weight is 951 g/mol. The molecule has 5 aromatic carbocycles. The normalized spacial score (nSPS) is 11.3. The minimum Gasteiger partial charge on any atom is -0.478 e. The highest BCUT2D eigenvalue weighted by atomic mass is 16.4. The lowest BCUT2D eigenvalue weighted by molar-refractivity contribution is 0.0680. The first kappa shape index (κ1) is 54.2. The van der Waals surface area contributed by atoms with E-state index in [2.05, 4.69) is 39.8 Å². The second-order valence-electron chi connectivity index (χ2n) is 18.9. The number of fused-ring (bicyclic) bond motifs is 2. The van der Waals surface area contributed by atoms with Crippen molar-refractivity contribution in [2.45, 2.75) is 194 Å². The van der Waals surface area contributed by atoms with Crippen LogP contribution in [0.2, 0.25) is 0 Å². The largest absolute Gasteiger partial charge is 0.478 e. The first-order valence-corrected chi connectivity index (χ1v) is 25.9. The predicted molar refractivity (Wildman–Crippen MR) is 279 cm³/mol. The fourth-order valence-corrected chi connectivity index (χ4v) is 10.2. The van der Waals surface area contributed by atoms with Crippen LogP contribution in [0.25, 0.3) is 52.8 Å². The quantitative estimate of drug-likeness (QED) is 0.0212. The van der Waals surface area contributed by atoms with Crippen LogP contribution in [0.4, 0.5) is 0 Å². The third-order valence-electron chi connectivity index (χ3n) is 13.8. The van der Waals surface area contributed by atoms with E-state index in [1.165, 1.54) is 24.3 Å². The summed E-state index contributed by atoms with van der Waals surface area (Å²) in [6.45, 7) is 8.63. The number of carboxylic acids is 4. The van der Waals surface area contributed by atoms with E-state index in [0.717, 1.165) is 154 Å². The molecule has 0 aliphatic rings. The summed E-state index contributed by atoms with van der Waals surface area (Å²) in [5.74, 6) is -6.04. The zero-order valence-electron chi connectivity index (χ0n) is 41.6. The topological polar surface area (TPSA) is 206 Å². The Morgan fingerprint density at radius 3 is 0.886 bits per heavy atom. The van der Waals surface area contributed by atoms with Crippen molar-refractivity contribution in [2.75, 3.05) is 0 Å². The number of benzene rings is 5. The van der Waals surface area contributed by atoms with Crippen LogP contribution in [0, 0.1) is 34.8 Å². The summed E-state index contributed by atoms with van der Waals surface area (Å²) < 4.78 is 0. The van der Waals surface area contributed by atoms with Crippen molar-refractivity contribution in [1.82, 2.24) is 0 Å². The first-order valence-electron chi connectivity index (χ1n) is 25.9. The van der Waals surface area contributed by atoms with Crippen LogP contribution in [0.1, 0.15) is 245 Å². The standard InChI is InChI=1S/C58H68N4O8/c1-5-9-13-17-21-25-41(26-22-18-14-10-6-2)61-35-39-31-45-43-29-37(33-59)47(55(63)64)53-48(56(65)66)38(34-60)30-44(51(43)53)46-32-40(50(58(69)70)54(52(45)46)49(39)57(67)68)36-62-42(27-23-19-15-11-7-3)28-24-20-16-12-8-4/h29-32,41-42H,5-28H2,1-4H3,(H2-2,63,64,65,66,67,68,69,70)/p+2. The molecule has 4 N–H and O–H groups in total. The summed E-state index contributed by atoms with van der Waals surface area (Å²) in [5, 5.41) is 65.2. The monoisotopic (exact) mass is 951 g/mol. The molecule has 0 unspecified atom stereocenters. The number of hydrogen-bond donors (Lipinski definition) is 4. The Kier molecular flexibility index (Phi) is 20.8. The van der Waals surface area contributed by atoms with Gasteiger partial charge in [0.1, 0.15) is 23.3 Å². The van der Waals surface area contributed by atoms with Crippen LogP contribution in [-0.4, -0.2) is 56.4 Å². The maximum absolute atomic E-state index is 13.8. The highest BCUT2D eigenvalue weighted by Crippen LogP contribution is 2.47. The highest BCUT2D eigenvalue weighted by molar-refractivity contribution is 6.39. The van der Waals surface area contributed by atoms with Crippen molar-refractivity contribution in [1.29, 1.82) is 10.5 Å². The Morgan fingerprint density at radius 1 is 0.400 bits per heavy atom. The van der Waals surface area contributed by atoms with Crippen LogP contribution in [0.5, 0.6) is 0 Å². The molecule has 0 spiro atoms. The molecule has 0 aliphatic heterocycles. The molecule has 5 rings (SSSR count). The van der Waals surface area contributed by atoms with E-state index in [1.54, 1.807) is 0 Å². The Balaban J connectivity index is 1.95. The van der Waals surface area contributed by atoms with Gasteiger partial charge in [0.05, 0.1) is 33.4 Å². The Labute approximate surface area is 412 Å². The molecule has 0 saturated carbocycles.